The predicted octanol–water partition coefficient (Wildman–Crippen LogP) is 3.50. The van der Waals surface area contributed by atoms with Crippen LogP contribution in [0.4, 0.5) is 0 Å². The van der Waals surface area contributed by atoms with Crippen LogP contribution in [0.3, 0.4) is 0 Å². The van der Waals surface area contributed by atoms with Gasteiger partial charge in [-0.1, -0.05) is 29.4 Å². The summed E-state index contributed by atoms with van der Waals surface area (Å²) in [5.41, 5.74) is 1.92. The van der Waals surface area contributed by atoms with Gasteiger partial charge in [-0.3, -0.25) is 4.79 Å². The summed E-state index contributed by atoms with van der Waals surface area (Å²) in [4.78, 5) is 33.2. The van der Waals surface area contributed by atoms with Gasteiger partial charge >= 0.3 is 5.97 Å². The van der Waals surface area contributed by atoms with Gasteiger partial charge in [-0.25, -0.2) is 4.79 Å². The van der Waals surface area contributed by atoms with Crippen molar-refractivity contribution >= 4 is 34.1 Å². The number of ether oxygens (including phenoxy) is 1. The van der Waals surface area contributed by atoms with Crippen molar-refractivity contribution in [3.8, 4) is 10.7 Å². The molecule has 0 aliphatic carbocycles. The summed E-state index contributed by atoms with van der Waals surface area (Å²) in [6.07, 6.45) is 3.44. The van der Waals surface area contributed by atoms with Crippen LogP contribution in [0.2, 0.25) is 0 Å². The van der Waals surface area contributed by atoms with Crippen molar-refractivity contribution in [3.63, 3.8) is 0 Å². The number of hydrogen-bond donors (Lipinski definition) is 2. The number of H-pyrrole nitrogens is 1. The van der Waals surface area contributed by atoms with E-state index < -0.39 is 12.0 Å². The molecule has 1 amide bonds. The number of fused-ring (bicyclic) bond motifs is 1. The molecule has 8 nitrogen and oxygen atoms in total. The molecule has 0 saturated heterocycles. The smallest absolute Gasteiger partial charge is 0.328 e. The molecule has 0 unspecified atom stereocenters. The van der Waals surface area contributed by atoms with Gasteiger partial charge in [0.1, 0.15) is 6.04 Å². The third-order valence-corrected chi connectivity index (χ3v) is 5.79. The lowest BCUT2D eigenvalue weighted by Crippen LogP contribution is -2.43. The predicted molar refractivity (Wildman–Crippen MR) is 116 cm³/mol. The summed E-state index contributed by atoms with van der Waals surface area (Å²) in [7, 11) is 1.32. The standard InChI is InChI=1S/C22H22N4O4S/c1-29-22(28)17(12-14-13-23-16-7-3-2-6-15(14)16)24-19(27)9-4-10-20-25-21(26-30-20)18-8-5-11-31-18/h2-3,5-8,11,13,17,23H,4,9-10,12H2,1H3,(H,24,27)/t17-/m1/s1. The van der Waals surface area contributed by atoms with Crippen LogP contribution in [-0.2, 0) is 27.2 Å². The van der Waals surface area contributed by atoms with E-state index in [1.807, 2.05) is 48.0 Å². The first-order chi connectivity index (χ1) is 15.1. The molecule has 4 aromatic rings. The fourth-order valence-electron chi connectivity index (χ4n) is 3.38. The number of rotatable bonds is 9. The minimum absolute atomic E-state index is 0.228. The van der Waals surface area contributed by atoms with Crippen molar-refractivity contribution in [2.75, 3.05) is 7.11 Å². The molecule has 31 heavy (non-hydrogen) atoms. The van der Waals surface area contributed by atoms with E-state index in [0.29, 0.717) is 31.0 Å². The zero-order valence-corrected chi connectivity index (χ0v) is 17.8. The number of amides is 1. The Labute approximate surface area is 182 Å². The number of aromatic amines is 1. The highest BCUT2D eigenvalue weighted by atomic mass is 32.1. The van der Waals surface area contributed by atoms with Gasteiger partial charge in [0, 0.05) is 36.4 Å². The largest absolute Gasteiger partial charge is 0.467 e. The molecule has 0 aliphatic rings. The minimum atomic E-state index is -0.759. The number of esters is 1. The molecule has 3 aromatic heterocycles. The van der Waals surface area contributed by atoms with Gasteiger partial charge in [-0.15, -0.1) is 11.3 Å². The number of hydrogen-bond acceptors (Lipinski definition) is 7. The Bertz CT molecular complexity index is 1170. The van der Waals surface area contributed by atoms with Crippen molar-refractivity contribution in [2.45, 2.75) is 31.7 Å². The van der Waals surface area contributed by atoms with Crippen molar-refractivity contribution in [1.82, 2.24) is 20.4 Å². The third kappa shape index (κ3) is 5.00. The highest BCUT2D eigenvalue weighted by molar-refractivity contribution is 7.13. The summed E-state index contributed by atoms with van der Waals surface area (Å²) in [6, 6.07) is 10.9. The lowest BCUT2D eigenvalue weighted by Gasteiger charge is -2.16. The van der Waals surface area contributed by atoms with Crippen LogP contribution in [0.5, 0.6) is 0 Å². The maximum atomic E-state index is 12.5. The summed E-state index contributed by atoms with van der Waals surface area (Å²) >= 11 is 1.54. The van der Waals surface area contributed by atoms with Crippen molar-refractivity contribution in [3.05, 3.63) is 59.4 Å². The molecule has 9 heteroatoms. The number of aryl methyl sites for hydroxylation is 1. The number of methoxy groups -OCH3 is 1. The van der Waals surface area contributed by atoms with E-state index in [9.17, 15) is 9.59 Å². The van der Waals surface area contributed by atoms with Crippen LogP contribution in [-0.4, -0.2) is 40.2 Å². The molecule has 4 rings (SSSR count). The number of benzene rings is 1. The van der Waals surface area contributed by atoms with Crippen LogP contribution in [0.25, 0.3) is 21.6 Å². The maximum absolute atomic E-state index is 12.5. The second kappa shape index (κ2) is 9.57. The Morgan fingerprint density at radius 2 is 2.13 bits per heavy atom. The second-order valence-corrected chi connectivity index (χ2v) is 8.00. The van der Waals surface area contributed by atoms with Crippen molar-refractivity contribution < 1.29 is 18.8 Å². The number of nitrogens with one attached hydrogen (secondary N) is 2. The SMILES string of the molecule is COC(=O)[C@@H](Cc1c[nH]c2ccccc12)NC(=O)CCCc1nc(-c2cccs2)no1. The maximum Gasteiger partial charge on any atom is 0.328 e. The molecular formula is C22H22N4O4S. The second-order valence-electron chi connectivity index (χ2n) is 7.05. The van der Waals surface area contributed by atoms with Gasteiger partial charge in [0.2, 0.25) is 17.6 Å². The Hall–Kier alpha value is -3.46. The van der Waals surface area contributed by atoms with E-state index in [-0.39, 0.29) is 12.3 Å². The first-order valence-electron chi connectivity index (χ1n) is 9.92. The molecule has 0 bridgehead atoms. The van der Waals surface area contributed by atoms with Crippen molar-refractivity contribution in [2.24, 2.45) is 0 Å². The number of nitrogens with zero attached hydrogens (tertiary/aromatic N) is 2. The minimum Gasteiger partial charge on any atom is -0.467 e. The Morgan fingerprint density at radius 3 is 2.94 bits per heavy atom. The average Bonchev–Trinajstić information content (AvgIpc) is 3.54. The topological polar surface area (TPSA) is 110 Å². The van der Waals surface area contributed by atoms with Crippen LogP contribution >= 0.6 is 11.3 Å². The molecular weight excluding hydrogens is 416 g/mol. The average molecular weight is 439 g/mol. The first kappa shape index (κ1) is 20.8. The molecule has 2 N–H and O–H groups in total. The summed E-state index contributed by atoms with van der Waals surface area (Å²) in [5.74, 6) is 0.336. The van der Waals surface area contributed by atoms with Crippen LogP contribution in [0.1, 0.15) is 24.3 Å². The quantitative estimate of drug-likeness (QED) is 0.387. The molecule has 1 aromatic carbocycles. The number of carbonyl (C=O) groups is 2. The van der Waals surface area contributed by atoms with Gasteiger partial charge in [0.15, 0.2) is 0 Å². The molecule has 0 aliphatic heterocycles. The third-order valence-electron chi connectivity index (χ3n) is 4.92. The van der Waals surface area contributed by atoms with Gasteiger partial charge in [-0.2, -0.15) is 4.98 Å². The molecule has 0 saturated carbocycles. The number of carbonyl (C=O) groups excluding carboxylic acids is 2. The van der Waals surface area contributed by atoms with E-state index in [4.69, 9.17) is 9.26 Å². The van der Waals surface area contributed by atoms with Crippen LogP contribution in [0, 0.1) is 0 Å². The lowest BCUT2D eigenvalue weighted by molar-refractivity contribution is -0.145. The van der Waals surface area contributed by atoms with Crippen LogP contribution < -0.4 is 5.32 Å². The fraction of sp³-hybridized carbons (Fsp3) is 0.273. The monoisotopic (exact) mass is 438 g/mol. The summed E-state index contributed by atoms with van der Waals surface area (Å²) < 4.78 is 10.1. The number of aromatic nitrogens is 3. The normalized spacial score (nSPS) is 12.0. The Kier molecular flexibility index (Phi) is 6.42. The molecule has 0 spiro atoms. The first-order valence-corrected chi connectivity index (χ1v) is 10.8. The zero-order valence-electron chi connectivity index (χ0n) is 17.0. The highest BCUT2D eigenvalue weighted by Gasteiger charge is 2.23. The van der Waals surface area contributed by atoms with Crippen molar-refractivity contribution in [1.29, 1.82) is 0 Å². The molecule has 1 atom stereocenters. The highest BCUT2D eigenvalue weighted by Crippen LogP contribution is 2.22. The molecule has 160 valence electrons. The van der Waals surface area contributed by atoms with Gasteiger partial charge < -0.3 is 19.6 Å². The Morgan fingerprint density at radius 1 is 1.26 bits per heavy atom. The van der Waals surface area contributed by atoms with E-state index in [1.165, 1.54) is 18.4 Å². The molecule has 0 fully saturated rings. The molecule has 0 radical (unpaired) electrons. The number of thiophene rings is 1. The van der Waals surface area contributed by atoms with Crippen LogP contribution in [0.15, 0.2) is 52.5 Å². The van der Waals surface area contributed by atoms with E-state index in [0.717, 1.165) is 21.3 Å². The Balaban J connectivity index is 1.32. The van der Waals surface area contributed by atoms with Gasteiger partial charge in [0.05, 0.1) is 12.0 Å². The van der Waals surface area contributed by atoms with E-state index >= 15 is 0 Å². The fourth-order valence-corrected chi connectivity index (χ4v) is 4.03. The summed E-state index contributed by atoms with van der Waals surface area (Å²) in [6.45, 7) is 0. The van der Waals surface area contributed by atoms with Gasteiger partial charge in [-0.05, 0) is 29.5 Å². The lowest BCUT2D eigenvalue weighted by atomic mass is 10.0. The summed E-state index contributed by atoms with van der Waals surface area (Å²) in [5, 5.41) is 9.72. The molecule has 3 heterocycles. The van der Waals surface area contributed by atoms with E-state index in [1.54, 1.807) is 0 Å². The zero-order chi connectivity index (χ0) is 21.6. The number of para-hydroxylation sites is 1. The van der Waals surface area contributed by atoms with E-state index in [2.05, 4.69) is 20.4 Å². The van der Waals surface area contributed by atoms with Gasteiger partial charge in [0.25, 0.3) is 0 Å².